The lowest BCUT2D eigenvalue weighted by molar-refractivity contribution is -0.133. The molecule has 1 aliphatic heterocycles. The number of carbonyl (C=O) groups is 3. The van der Waals surface area contributed by atoms with E-state index in [1.165, 1.54) is 4.68 Å². The monoisotopic (exact) mass is 467 g/mol. The molecule has 170 valence electrons. The van der Waals surface area contributed by atoms with Crippen LogP contribution >= 0.6 is 11.6 Å². The number of rotatable bonds is 5. The van der Waals surface area contributed by atoms with Gasteiger partial charge >= 0.3 is 6.03 Å². The summed E-state index contributed by atoms with van der Waals surface area (Å²) >= 11 is 5.92. The molecule has 3 aromatic rings. The lowest BCUT2D eigenvalue weighted by Gasteiger charge is -2.22. The molecule has 2 heterocycles. The Balaban J connectivity index is 1.55. The van der Waals surface area contributed by atoms with E-state index in [9.17, 15) is 19.2 Å². The average Bonchev–Trinajstić information content (AvgIpc) is 3.14. The van der Waals surface area contributed by atoms with Gasteiger partial charge in [0.1, 0.15) is 17.8 Å². The summed E-state index contributed by atoms with van der Waals surface area (Å²) in [6, 6.07) is 14.8. The minimum Gasteiger partial charge on any atom is -0.319 e. The summed E-state index contributed by atoms with van der Waals surface area (Å²) in [5.74, 6) is -1.23. The first-order valence-corrected chi connectivity index (χ1v) is 10.6. The molecule has 4 amide bonds. The normalized spacial score (nSPS) is 17.9. The molecule has 2 N–H and O–H groups in total. The predicted molar refractivity (Wildman–Crippen MR) is 123 cm³/mol. The van der Waals surface area contributed by atoms with Crippen LogP contribution in [0.3, 0.4) is 0 Å². The van der Waals surface area contributed by atoms with Crippen molar-refractivity contribution in [2.24, 2.45) is 7.05 Å². The van der Waals surface area contributed by atoms with E-state index in [1.54, 1.807) is 74.1 Å². The Labute approximate surface area is 194 Å². The number of anilines is 1. The highest BCUT2D eigenvalue weighted by molar-refractivity contribution is 6.30. The fourth-order valence-corrected chi connectivity index (χ4v) is 3.98. The van der Waals surface area contributed by atoms with Crippen LogP contribution in [0, 0.1) is 6.92 Å². The van der Waals surface area contributed by atoms with Crippen molar-refractivity contribution in [3.05, 3.63) is 81.2 Å². The van der Waals surface area contributed by atoms with Gasteiger partial charge in [0, 0.05) is 12.1 Å². The molecule has 1 saturated heterocycles. The van der Waals surface area contributed by atoms with Crippen molar-refractivity contribution >= 4 is 35.1 Å². The number of hydrogen-bond donors (Lipinski definition) is 2. The number of nitrogens with zero attached hydrogens (tertiary/aromatic N) is 3. The number of hydrogen-bond acceptors (Lipinski definition) is 4. The SMILES string of the molecule is Cc1c(NC(=O)CN2C(=O)N[C@](C)(c3ccc(Cl)cc3)C2=O)c(=O)n(-c2ccccc2)n1C. The first-order valence-electron chi connectivity index (χ1n) is 10.2. The number of benzene rings is 2. The second-order valence-corrected chi connectivity index (χ2v) is 8.37. The van der Waals surface area contributed by atoms with Crippen molar-refractivity contribution in [2.45, 2.75) is 19.4 Å². The maximum Gasteiger partial charge on any atom is 0.325 e. The molecule has 2 aromatic carbocycles. The van der Waals surface area contributed by atoms with Crippen molar-refractivity contribution in [1.29, 1.82) is 0 Å². The molecule has 10 heteroatoms. The summed E-state index contributed by atoms with van der Waals surface area (Å²) in [5, 5.41) is 5.70. The highest BCUT2D eigenvalue weighted by Crippen LogP contribution is 2.29. The molecule has 0 bridgehead atoms. The minimum atomic E-state index is -1.33. The Hall–Kier alpha value is -3.85. The van der Waals surface area contributed by atoms with Gasteiger partial charge in [-0.2, -0.15) is 0 Å². The summed E-state index contributed by atoms with van der Waals surface area (Å²) in [4.78, 5) is 52.1. The molecular weight excluding hydrogens is 446 g/mol. The maximum absolute atomic E-state index is 13.0. The zero-order valence-electron chi connectivity index (χ0n) is 18.3. The summed E-state index contributed by atoms with van der Waals surface area (Å²) in [7, 11) is 1.70. The fourth-order valence-electron chi connectivity index (χ4n) is 3.85. The van der Waals surface area contributed by atoms with Crippen LogP contribution in [0.2, 0.25) is 5.02 Å². The summed E-state index contributed by atoms with van der Waals surface area (Å²) in [6.45, 7) is 2.73. The molecule has 1 fully saturated rings. The van der Waals surface area contributed by atoms with Crippen molar-refractivity contribution in [2.75, 3.05) is 11.9 Å². The number of carbonyl (C=O) groups excluding carboxylic acids is 3. The zero-order valence-corrected chi connectivity index (χ0v) is 19.0. The molecule has 0 unspecified atom stereocenters. The van der Waals surface area contributed by atoms with Crippen LogP contribution in [-0.4, -0.2) is 38.7 Å². The van der Waals surface area contributed by atoms with Gasteiger partial charge in [0.25, 0.3) is 11.5 Å². The van der Waals surface area contributed by atoms with Gasteiger partial charge in [-0.3, -0.25) is 24.0 Å². The molecular formula is C23H22ClN5O4. The van der Waals surface area contributed by atoms with E-state index in [0.29, 0.717) is 22.0 Å². The van der Waals surface area contributed by atoms with E-state index in [1.807, 2.05) is 6.07 Å². The molecule has 0 radical (unpaired) electrons. The summed E-state index contributed by atoms with van der Waals surface area (Å²) in [5.41, 5.74) is 0.0428. The first-order chi connectivity index (χ1) is 15.6. The standard InChI is InChI=1S/C23H22ClN5O4/c1-14-19(20(31)29(27(14)3)17-7-5-4-6-8-17)25-18(30)13-28-21(32)23(2,26-22(28)33)15-9-11-16(24)12-10-15/h4-12H,13H2,1-3H3,(H,25,30)(H,26,33)/t23-/m1/s1. The number of imide groups is 1. The lowest BCUT2D eigenvalue weighted by Crippen LogP contribution is -2.42. The van der Waals surface area contributed by atoms with Gasteiger partial charge in [0.05, 0.1) is 11.4 Å². The van der Waals surface area contributed by atoms with E-state index in [4.69, 9.17) is 11.6 Å². The van der Waals surface area contributed by atoms with Crippen molar-refractivity contribution in [3.63, 3.8) is 0 Å². The van der Waals surface area contributed by atoms with Crippen LogP contribution in [0.1, 0.15) is 18.2 Å². The Morgan fingerprint density at radius 1 is 1.06 bits per heavy atom. The maximum atomic E-state index is 13.0. The van der Waals surface area contributed by atoms with Crippen LogP contribution in [0.25, 0.3) is 5.69 Å². The van der Waals surface area contributed by atoms with Gasteiger partial charge in [-0.05, 0) is 43.7 Å². The Morgan fingerprint density at radius 3 is 2.33 bits per heavy atom. The number of nitrogens with one attached hydrogen (secondary N) is 2. The second kappa shape index (κ2) is 8.25. The third-order valence-corrected chi connectivity index (χ3v) is 6.07. The Bertz CT molecular complexity index is 1310. The molecule has 0 aliphatic carbocycles. The zero-order chi connectivity index (χ0) is 23.9. The molecule has 1 aliphatic rings. The van der Waals surface area contributed by atoms with Gasteiger partial charge in [0.15, 0.2) is 0 Å². The van der Waals surface area contributed by atoms with Gasteiger partial charge in [-0.1, -0.05) is 41.9 Å². The molecule has 1 atom stereocenters. The van der Waals surface area contributed by atoms with Crippen molar-refractivity contribution < 1.29 is 14.4 Å². The van der Waals surface area contributed by atoms with Crippen LogP contribution in [0.5, 0.6) is 0 Å². The van der Waals surface area contributed by atoms with E-state index in [2.05, 4.69) is 10.6 Å². The predicted octanol–water partition coefficient (Wildman–Crippen LogP) is 2.54. The lowest BCUT2D eigenvalue weighted by atomic mass is 9.92. The molecule has 9 nitrogen and oxygen atoms in total. The highest BCUT2D eigenvalue weighted by Gasteiger charge is 2.49. The van der Waals surface area contributed by atoms with E-state index in [-0.39, 0.29) is 5.69 Å². The summed E-state index contributed by atoms with van der Waals surface area (Å²) < 4.78 is 3.05. The van der Waals surface area contributed by atoms with E-state index in [0.717, 1.165) is 4.90 Å². The third kappa shape index (κ3) is 3.80. The minimum absolute atomic E-state index is 0.0823. The smallest absolute Gasteiger partial charge is 0.319 e. The Kier molecular flexibility index (Phi) is 5.59. The first kappa shape index (κ1) is 22.3. The van der Waals surface area contributed by atoms with Crippen LogP contribution in [0.4, 0.5) is 10.5 Å². The second-order valence-electron chi connectivity index (χ2n) is 7.94. The van der Waals surface area contributed by atoms with E-state index < -0.39 is 35.5 Å². The van der Waals surface area contributed by atoms with Crippen LogP contribution < -0.4 is 16.2 Å². The van der Waals surface area contributed by atoms with E-state index >= 15 is 0 Å². The van der Waals surface area contributed by atoms with Gasteiger partial charge in [-0.15, -0.1) is 0 Å². The van der Waals surface area contributed by atoms with Gasteiger partial charge < -0.3 is 10.6 Å². The van der Waals surface area contributed by atoms with Gasteiger partial charge in [0.2, 0.25) is 5.91 Å². The largest absolute Gasteiger partial charge is 0.325 e. The number of para-hydroxylation sites is 1. The topological polar surface area (TPSA) is 105 Å². The quantitative estimate of drug-likeness (QED) is 0.562. The fraction of sp³-hybridized carbons (Fsp3) is 0.217. The number of halogens is 1. The number of amides is 4. The highest BCUT2D eigenvalue weighted by atomic mass is 35.5. The third-order valence-electron chi connectivity index (χ3n) is 5.82. The molecule has 1 aromatic heterocycles. The summed E-state index contributed by atoms with van der Waals surface area (Å²) in [6.07, 6.45) is 0. The number of urea groups is 1. The molecule has 0 saturated carbocycles. The van der Waals surface area contributed by atoms with Gasteiger partial charge in [-0.25, -0.2) is 9.48 Å². The van der Waals surface area contributed by atoms with Crippen molar-refractivity contribution in [3.8, 4) is 5.69 Å². The van der Waals surface area contributed by atoms with Crippen LogP contribution in [0.15, 0.2) is 59.4 Å². The molecule has 33 heavy (non-hydrogen) atoms. The van der Waals surface area contributed by atoms with Crippen LogP contribution in [-0.2, 0) is 22.2 Å². The number of aromatic nitrogens is 2. The average molecular weight is 468 g/mol. The Morgan fingerprint density at radius 2 is 1.70 bits per heavy atom. The van der Waals surface area contributed by atoms with Crippen molar-refractivity contribution in [1.82, 2.24) is 19.6 Å². The molecule has 0 spiro atoms. The molecule has 4 rings (SSSR count).